The van der Waals surface area contributed by atoms with Crippen molar-refractivity contribution < 1.29 is 13.2 Å². The molecular weight excluding hydrogens is 325 g/mol. The smallest absolute Gasteiger partial charge is 0.264 e. The molecule has 0 unspecified atom stereocenters. The molecule has 0 bridgehead atoms. The van der Waals surface area contributed by atoms with Crippen molar-refractivity contribution in [1.29, 1.82) is 0 Å². The van der Waals surface area contributed by atoms with Crippen molar-refractivity contribution in [2.75, 3.05) is 6.67 Å². The lowest BCUT2D eigenvalue weighted by Crippen LogP contribution is -2.15. The summed E-state index contributed by atoms with van der Waals surface area (Å²) in [6.07, 6.45) is 5.72. The van der Waals surface area contributed by atoms with Gasteiger partial charge >= 0.3 is 5.92 Å². The molecular formula is C20H17F3N2. The largest absolute Gasteiger partial charge is 0.301 e. The van der Waals surface area contributed by atoms with Gasteiger partial charge in [-0.2, -0.15) is 8.78 Å². The predicted molar refractivity (Wildman–Crippen MR) is 91.3 cm³/mol. The van der Waals surface area contributed by atoms with E-state index in [2.05, 4.69) is 9.97 Å². The van der Waals surface area contributed by atoms with Crippen molar-refractivity contribution in [3.63, 3.8) is 0 Å². The maximum atomic E-state index is 13.4. The molecule has 128 valence electrons. The minimum Gasteiger partial charge on any atom is -0.264 e. The van der Waals surface area contributed by atoms with E-state index in [0.29, 0.717) is 6.42 Å². The zero-order valence-corrected chi connectivity index (χ0v) is 13.7. The van der Waals surface area contributed by atoms with Gasteiger partial charge in [-0.05, 0) is 30.2 Å². The van der Waals surface area contributed by atoms with Crippen molar-refractivity contribution in [2.24, 2.45) is 0 Å². The van der Waals surface area contributed by atoms with E-state index in [1.54, 1.807) is 30.7 Å². The molecule has 0 saturated carbocycles. The second kappa shape index (κ2) is 7.05. The topological polar surface area (TPSA) is 25.8 Å². The highest BCUT2D eigenvalue weighted by atomic mass is 19.3. The Morgan fingerprint density at radius 1 is 0.960 bits per heavy atom. The van der Waals surface area contributed by atoms with Crippen molar-refractivity contribution >= 4 is 0 Å². The summed E-state index contributed by atoms with van der Waals surface area (Å²) in [7, 11) is 0. The molecule has 25 heavy (non-hydrogen) atoms. The molecule has 0 spiro atoms. The highest BCUT2D eigenvalue weighted by Crippen LogP contribution is 2.30. The monoisotopic (exact) mass is 342 g/mol. The van der Waals surface area contributed by atoms with Gasteiger partial charge in [-0.3, -0.25) is 9.97 Å². The van der Waals surface area contributed by atoms with Crippen LogP contribution in [0.1, 0.15) is 22.4 Å². The first kappa shape index (κ1) is 17.1. The van der Waals surface area contributed by atoms with Crippen LogP contribution in [0.25, 0.3) is 11.1 Å². The second-order valence-corrected chi connectivity index (χ2v) is 5.90. The molecule has 3 aromatic rings. The number of hydrogen-bond acceptors (Lipinski definition) is 2. The van der Waals surface area contributed by atoms with Gasteiger partial charge in [0.2, 0.25) is 0 Å². The molecule has 0 saturated heterocycles. The molecule has 2 aromatic heterocycles. The minimum atomic E-state index is -3.44. The summed E-state index contributed by atoms with van der Waals surface area (Å²) in [4.78, 5) is 8.61. The molecule has 5 heteroatoms. The molecule has 0 aliphatic carbocycles. The van der Waals surface area contributed by atoms with Gasteiger partial charge in [0, 0.05) is 41.7 Å². The normalized spacial score (nSPS) is 11.5. The summed E-state index contributed by atoms with van der Waals surface area (Å²) in [5.74, 6) is -3.44. The summed E-state index contributed by atoms with van der Waals surface area (Å²) < 4.78 is 39.2. The maximum absolute atomic E-state index is 13.4. The van der Waals surface area contributed by atoms with Crippen LogP contribution in [0.15, 0.2) is 61.1 Å². The number of alkyl halides is 3. The fourth-order valence-electron chi connectivity index (χ4n) is 2.71. The van der Waals surface area contributed by atoms with Crippen LogP contribution in [-0.2, 0) is 12.3 Å². The fourth-order valence-corrected chi connectivity index (χ4v) is 2.71. The summed E-state index contributed by atoms with van der Waals surface area (Å²) in [6.45, 7) is 0.304. The Labute approximate surface area is 144 Å². The number of benzene rings is 1. The zero-order chi connectivity index (χ0) is 17.9. The maximum Gasteiger partial charge on any atom is 0.301 e. The Bertz CT molecular complexity index is 861. The van der Waals surface area contributed by atoms with Crippen molar-refractivity contribution in [2.45, 2.75) is 19.3 Å². The van der Waals surface area contributed by atoms with Crippen molar-refractivity contribution in [3.8, 4) is 11.1 Å². The number of rotatable bonds is 5. The molecule has 0 fully saturated rings. The van der Waals surface area contributed by atoms with E-state index in [-0.39, 0.29) is 5.56 Å². The zero-order valence-electron chi connectivity index (χ0n) is 13.7. The van der Waals surface area contributed by atoms with Gasteiger partial charge in [0.05, 0.1) is 5.69 Å². The van der Waals surface area contributed by atoms with Gasteiger partial charge in [0.25, 0.3) is 0 Å². The second-order valence-electron chi connectivity index (χ2n) is 5.90. The average molecular weight is 342 g/mol. The van der Waals surface area contributed by atoms with Crippen molar-refractivity contribution in [1.82, 2.24) is 9.97 Å². The van der Waals surface area contributed by atoms with E-state index < -0.39 is 12.6 Å². The van der Waals surface area contributed by atoms with Crippen LogP contribution in [0.4, 0.5) is 13.2 Å². The van der Waals surface area contributed by atoms with Gasteiger partial charge in [-0.1, -0.05) is 30.3 Å². The van der Waals surface area contributed by atoms with Gasteiger partial charge in [0.1, 0.15) is 0 Å². The van der Waals surface area contributed by atoms with Crippen LogP contribution in [0.2, 0.25) is 0 Å². The molecule has 0 amide bonds. The Kier molecular flexibility index (Phi) is 4.83. The lowest BCUT2D eigenvalue weighted by molar-refractivity contribution is -0.0280. The van der Waals surface area contributed by atoms with Crippen LogP contribution in [-0.4, -0.2) is 16.6 Å². The van der Waals surface area contributed by atoms with E-state index in [0.717, 1.165) is 27.9 Å². The minimum absolute atomic E-state index is 0.317. The van der Waals surface area contributed by atoms with Crippen LogP contribution < -0.4 is 0 Å². The number of aromatic nitrogens is 2. The Morgan fingerprint density at radius 3 is 2.40 bits per heavy atom. The van der Waals surface area contributed by atoms with Crippen LogP contribution in [0.3, 0.4) is 0 Å². The third-order valence-corrected chi connectivity index (χ3v) is 4.14. The van der Waals surface area contributed by atoms with Crippen LogP contribution in [0, 0.1) is 6.92 Å². The van der Waals surface area contributed by atoms with E-state index in [1.807, 2.05) is 25.1 Å². The molecule has 0 radical (unpaired) electrons. The van der Waals surface area contributed by atoms with E-state index in [9.17, 15) is 13.2 Å². The SMILES string of the molecule is Cc1ccncc1-c1cccnc1Cc1ccc(C(F)(F)CF)cc1. The number of halogens is 3. The molecule has 2 heterocycles. The van der Waals surface area contributed by atoms with Gasteiger partial charge in [-0.15, -0.1) is 0 Å². The predicted octanol–water partition coefficient (Wildman–Crippen LogP) is 5.10. The number of nitrogens with zero attached hydrogens (tertiary/aromatic N) is 2. The quantitative estimate of drug-likeness (QED) is 0.644. The van der Waals surface area contributed by atoms with Crippen LogP contribution >= 0.6 is 0 Å². The molecule has 0 atom stereocenters. The number of aryl methyl sites for hydroxylation is 1. The standard InChI is InChI=1S/C20H17F3N2/c1-14-8-10-24-12-18(14)17-3-2-9-25-19(17)11-15-4-6-16(7-5-15)20(22,23)13-21/h2-10,12H,11,13H2,1H3. The van der Waals surface area contributed by atoms with E-state index in [1.165, 1.54) is 12.1 Å². The third kappa shape index (κ3) is 3.71. The van der Waals surface area contributed by atoms with E-state index >= 15 is 0 Å². The summed E-state index contributed by atoms with van der Waals surface area (Å²) in [5.41, 5.74) is 4.39. The number of pyridine rings is 2. The van der Waals surface area contributed by atoms with Gasteiger partial charge in [-0.25, -0.2) is 4.39 Å². The first-order valence-corrected chi connectivity index (χ1v) is 7.89. The molecule has 1 aromatic carbocycles. The van der Waals surface area contributed by atoms with Crippen molar-refractivity contribution in [3.05, 3.63) is 83.4 Å². The highest BCUT2D eigenvalue weighted by molar-refractivity contribution is 5.68. The summed E-state index contributed by atoms with van der Waals surface area (Å²) in [5, 5.41) is 0. The molecule has 0 aliphatic rings. The molecule has 3 rings (SSSR count). The molecule has 0 N–H and O–H groups in total. The lowest BCUT2D eigenvalue weighted by atomic mass is 9.97. The first-order chi connectivity index (χ1) is 12.0. The molecule has 0 aliphatic heterocycles. The Hall–Kier alpha value is -2.69. The summed E-state index contributed by atoms with van der Waals surface area (Å²) in [6, 6.07) is 11.5. The average Bonchev–Trinajstić information content (AvgIpc) is 2.63. The first-order valence-electron chi connectivity index (χ1n) is 7.89. The Morgan fingerprint density at radius 2 is 1.72 bits per heavy atom. The van der Waals surface area contributed by atoms with E-state index in [4.69, 9.17) is 0 Å². The summed E-state index contributed by atoms with van der Waals surface area (Å²) >= 11 is 0. The van der Waals surface area contributed by atoms with Gasteiger partial charge in [0.15, 0.2) is 6.67 Å². The molecule has 2 nitrogen and oxygen atoms in total. The Balaban J connectivity index is 1.91. The number of hydrogen-bond donors (Lipinski definition) is 0. The highest BCUT2D eigenvalue weighted by Gasteiger charge is 2.31. The van der Waals surface area contributed by atoms with Crippen LogP contribution in [0.5, 0.6) is 0 Å². The fraction of sp³-hybridized carbons (Fsp3) is 0.200. The van der Waals surface area contributed by atoms with Gasteiger partial charge < -0.3 is 0 Å². The third-order valence-electron chi connectivity index (χ3n) is 4.14. The lowest BCUT2D eigenvalue weighted by Gasteiger charge is -2.14.